The molecular weight excluding hydrogens is 228 g/mol. The summed E-state index contributed by atoms with van der Waals surface area (Å²) in [4.78, 5) is 0. The van der Waals surface area contributed by atoms with Gasteiger partial charge in [0.1, 0.15) is 0 Å². The van der Waals surface area contributed by atoms with Gasteiger partial charge in [-0.2, -0.15) is 0 Å². The molecule has 0 saturated carbocycles. The molecule has 0 nitrogen and oxygen atoms in total. The minimum absolute atomic E-state index is 0.900. The zero-order valence-electron chi connectivity index (χ0n) is 14.2. The summed E-state index contributed by atoms with van der Waals surface area (Å²) in [5, 5.41) is 0. The van der Waals surface area contributed by atoms with E-state index in [1.54, 1.807) is 0 Å². The van der Waals surface area contributed by atoms with E-state index in [1.165, 1.54) is 77.0 Å². The quantitative estimate of drug-likeness (QED) is 0.292. The molecule has 0 heterocycles. The van der Waals surface area contributed by atoms with E-state index >= 15 is 0 Å². The van der Waals surface area contributed by atoms with Gasteiger partial charge >= 0.3 is 0 Å². The smallest absolute Gasteiger partial charge is 0.0352 e. The van der Waals surface area contributed by atoms with E-state index in [1.807, 2.05) is 0 Å². The lowest BCUT2D eigenvalue weighted by atomic mass is 9.86. The molecule has 0 amide bonds. The van der Waals surface area contributed by atoms with Crippen LogP contribution in [-0.4, -0.2) is 0 Å². The van der Waals surface area contributed by atoms with Crippen LogP contribution in [0.5, 0.6) is 0 Å². The van der Waals surface area contributed by atoms with Gasteiger partial charge in [-0.05, 0) is 24.7 Å². The van der Waals surface area contributed by atoms with Gasteiger partial charge in [0, 0.05) is 0 Å². The maximum Gasteiger partial charge on any atom is -0.0352 e. The van der Waals surface area contributed by atoms with Gasteiger partial charge in [0.2, 0.25) is 0 Å². The lowest BCUT2D eigenvalue weighted by molar-refractivity contribution is 0.393. The van der Waals surface area contributed by atoms with Crippen LogP contribution in [0.15, 0.2) is 0 Å². The third kappa shape index (κ3) is 11.5. The maximum atomic E-state index is 2.68. The van der Waals surface area contributed by atoms with Crippen LogP contribution in [0.3, 0.4) is 0 Å². The molecule has 0 aromatic carbocycles. The molecular formula is C19H39. The Morgan fingerprint density at radius 2 is 1.32 bits per heavy atom. The molecule has 0 N–H and O–H groups in total. The molecule has 0 aliphatic heterocycles. The van der Waals surface area contributed by atoms with E-state index in [0.717, 1.165) is 11.8 Å². The van der Waals surface area contributed by atoms with Gasteiger partial charge in [-0.1, -0.05) is 98.3 Å². The van der Waals surface area contributed by atoms with Crippen molar-refractivity contribution in [3.8, 4) is 0 Å². The molecule has 0 saturated heterocycles. The van der Waals surface area contributed by atoms with Crippen LogP contribution >= 0.6 is 0 Å². The highest BCUT2D eigenvalue weighted by molar-refractivity contribution is 4.79. The first-order chi connectivity index (χ1) is 9.28. The van der Waals surface area contributed by atoms with Crippen LogP contribution in [-0.2, 0) is 0 Å². The second-order valence-electron chi connectivity index (χ2n) is 6.29. The molecule has 0 fully saturated rings. The number of hydrogen-bond acceptors (Lipinski definition) is 0. The fourth-order valence-corrected chi connectivity index (χ4v) is 2.96. The Labute approximate surface area is 123 Å². The van der Waals surface area contributed by atoms with Crippen molar-refractivity contribution in [2.75, 3.05) is 0 Å². The summed E-state index contributed by atoms with van der Waals surface area (Å²) in [5.41, 5.74) is 0. The molecule has 0 aromatic heterocycles. The van der Waals surface area contributed by atoms with Crippen molar-refractivity contribution in [1.82, 2.24) is 0 Å². The van der Waals surface area contributed by atoms with Crippen LogP contribution in [0.2, 0.25) is 0 Å². The minimum Gasteiger partial charge on any atom is -0.0654 e. The van der Waals surface area contributed by atoms with E-state index < -0.39 is 0 Å². The topological polar surface area (TPSA) is 0 Å². The van der Waals surface area contributed by atoms with E-state index in [4.69, 9.17) is 0 Å². The molecule has 0 rings (SSSR count). The Bertz CT molecular complexity index is 161. The Hall–Kier alpha value is 0. The Kier molecular flexibility index (Phi) is 14.4. The highest BCUT2D eigenvalue weighted by Gasteiger charge is 2.12. The average Bonchev–Trinajstić information content (AvgIpc) is 2.42. The monoisotopic (exact) mass is 267 g/mol. The summed E-state index contributed by atoms with van der Waals surface area (Å²) in [6.45, 7) is 9.31. The summed E-state index contributed by atoms with van der Waals surface area (Å²) in [6.07, 6.45) is 19.5. The molecule has 115 valence electrons. The molecule has 19 heavy (non-hydrogen) atoms. The molecule has 2 atom stereocenters. The van der Waals surface area contributed by atoms with Crippen LogP contribution < -0.4 is 0 Å². The van der Waals surface area contributed by atoms with Gasteiger partial charge in [0.05, 0.1) is 0 Å². The van der Waals surface area contributed by atoms with Gasteiger partial charge in [0.15, 0.2) is 0 Å². The number of rotatable bonds is 14. The normalized spacial score (nSPS) is 14.5. The van der Waals surface area contributed by atoms with Crippen molar-refractivity contribution in [1.29, 1.82) is 0 Å². The molecule has 0 heteroatoms. The van der Waals surface area contributed by atoms with E-state index in [0.29, 0.717) is 0 Å². The zero-order chi connectivity index (χ0) is 14.3. The third-order valence-electron chi connectivity index (χ3n) is 4.43. The minimum atomic E-state index is 0.900. The van der Waals surface area contributed by atoms with Crippen molar-refractivity contribution in [3.05, 3.63) is 6.42 Å². The predicted molar refractivity (Wildman–Crippen MR) is 89.4 cm³/mol. The summed E-state index contributed by atoms with van der Waals surface area (Å²) in [5.74, 6) is 1.86. The molecule has 0 aliphatic rings. The van der Waals surface area contributed by atoms with Gasteiger partial charge in [-0.3, -0.25) is 0 Å². The van der Waals surface area contributed by atoms with Crippen molar-refractivity contribution >= 4 is 0 Å². The van der Waals surface area contributed by atoms with Crippen molar-refractivity contribution < 1.29 is 0 Å². The maximum absolute atomic E-state index is 2.68. The van der Waals surface area contributed by atoms with Crippen LogP contribution in [0.25, 0.3) is 0 Å². The largest absolute Gasteiger partial charge is 0.0654 e. The Morgan fingerprint density at radius 1 is 0.684 bits per heavy atom. The van der Waals surface area contributed by atoms with Gasteiger partial charge in [-0.25, -0.2) is 0 Å². The summed E-state index contributed by atoms with van der Waals surface area (Å²) in [6, 6.07) is 0. The molecule has 0 aromatic rings. The van der Waals surface area contributed by atoms with Crippen molar-refractivity contribution in [2.24, 2.45) is 11.8 Å². The zero-order valence-corrected chi connectivity index (χ0v) is 14.2. The number of hydrogen-bond donors (Lipinski definition) is 0. The highest BCUT2D eigenvalue weighted by Crippen LogP contribution is 2.26. The standard InChI is InChI=1S/C19H39/c1-5-9-11-14-18(8-4)16-17-19(13-7-3)15-12-10-6-2/h17-19H,5-16H2,1-4H3. The first kappa shape index (κ1) is 19.0. The summed E-state index contributed by atoms with van der Waals surface area (Å²) < 4.78 is 0. The molecule has 1 radical (unpaired) electrons. The fourth-order valence-electron chi connectivity index (χ4n) is 2.96. The average molecular weight is 268 g/mol. The highest BCUT2D eigenvalue weighted by atomic mass is 14.2. The van der Waals surface area contributed by atoms with Gasteiger partial charge in [-0.15, -0.1) is 0 Å². The third-order valence-corrected chi connectivity index (χ3v) is 4.43. The van der Waals surface area contributed by atoms with Gasteiger partial charge < -0.3 is 0 Å². The van der Waals surface area contributed by atoms with Crippen molar-refractivity contribution in [2.45, 2.75) is 105 Å². The lowest BCUT2D eigenvalue weighted by Gasteiger charge is -2.20. The van der Waals surface area contributed by atoms with E-state index in [-0.39, 0.29) is 0 Å². The SMILES string of the molecule is CCCCCC([CH]CC(CC)CCCCC)CCC. The summed E-state index contributed by atoms with van der Waals surface area (Å²) in [7, 11) is 0. The molecule has 0 aliphatic carbocycles. The predicted octanol–water partition coefficient (Wildman–Crippen LogP) is 7.18. The van der Waals surface area contributed by atoms with E-state index in [2.05, 4.69) is 34.1 Å². The van der Waals surface area contributed by atoms with Crippen LogP contribution in [0.1, 0.15) is 105 Å². The van der Waals surface area contributed by atoms with Crippen molar-refractivity contribution in [3.63, 3.8) is 0 Å². The molecule has 2 unspecified atom stereocenters. The fraction of sp³-hybridized carbons (Fsp3) is 0.947. The second-order valence-corrected chi connectivity index (χ2v) is 6.29. The summed E-state index contributed by atoms with van der Waals surface area (Å²) >= 11 is 0. The number of unbranched alkanes of at least 4 members (excludes halogenated alkanes) is 4. The lowest BCUT2D eigenvalue weighted by Crippen LogP contribution is -2.07. The van der Waals surface area contributed by atoms with Crippen LogP contribution in [0.4, 0.5) is 0 Å². The Balaban J connectivity index is 3.83. The molecule has 0 spiro atoms. The molecule has 0 bridgehead atoms. The van der Waals surface area contributed by atoms with E-state index in [9.17, 15) is 0 Å². The first-order valence-corrected chi connectivity index (χ1v) is 9.11. The second kappa shape index (κ2) is 14.4. The van der Waals surface area contributed by atoms with Crippen LogP contribution in [0, 0.1) is 18.3 Å². The first-order valence-electron chi connectivity index (χ1n) is 9.11. The van der Waals surface area contributed by atoms with Gasteiger partial charge in [0.25, 0.3) is 0 Å². The Morgan fingerprint density at radius 3 is 1.84 bits per heavy atom.